The summed E-state index contributed by atoms with van der Waals surface area (Å²) in [5.74, 6) is 0.416. The molecule has 0 aromatic heterocycles. The molecule has 14 heavy (non-hydrogen) atoms. The average Bonchev–Trinajstić information content (AvgIpc) is 2.08. The number of hydrogen-bond donors (Lipinski definition) is 0. The number of hydrogen-bond acceptors (Lipinski definition) is 3. The Hall–Kier alpha value is -0.860. The van der Waals surface area contributed by atoms with Crippen molar-refractivity contribution < 1.29 is 14.3 Å². The first-order chi connectivity index (χ1) is 6.52. The van der Waals surface area contributed by atoms with Gasteiger partial charge in [-0.25, -0.2) is 0 Å². The SMILES string of the molecule is CC(=O)CCC(=O)OCCCC(C)C. The second-order valence-corrected chi connectivity index (χ2v) is 3.96. The first kappa shape index (κ1) is 13.1. The average molecular weight is 200 g/mol. The van der Waals surface area contributed by atoms with Crippen LogP contribution in [0.15, 0.2) is 0 Å². The Labute approximate surface area is 85.8 Å². The summed E-state index contributed by atoms with van der Waals surface area (Å²) in [6.45, 7) is 6.23. The molecular formula is C11H20O3. The van der Waals surface area contributed by atoms with E-state index >= 15 is 0 Å². The van der Waals surface area contributed by atoms with E-state index < -0.39 is 0 Å². The quantitative estimate of drug-likeness (QED) is 0.468. The Kier molecular flexibility index (Phi) is 7.07. The van der Waals surface area contributed by atoms with Crippen molar-refractivity contribution in [3.05, 3.63) is 0 Å². The Morgan fingerprint density at radius 2 is 1.86 bits per heavy atom. The Morgan fingerprint density at radius 3 is 2.36 bits per heavy atom. The van der Waals surface area contributed by atoms with Gasteiger partial charge in [0.05, 0.1) is 13.0 Å². The second-order valence-electron chi connectivity index (χ2n) is 3.96. The minimum Gasteiger partial charge on any atom is -0.466 e. The van der Waals surface area contributed by atoms with Gasteiger partial charge in [-0.2, -0.15) is 0 Å². The highest BCUT2D eigenvalue weighted by molar-refractivity contribution is 5.80. The van der Waals surface area contributed by atoms with Gasteiger partial charge in [-0.15, -0.1) is 0 Å². The van der Waals surface area contributed by atoms with E-state index in [2.05, 4.69) is 13.8 Å². The molecule has 0 aromatic carbocycles. The van der Waals surface area contributed by atoms with Gasteiger partial charge >= 0.3 is 5.97 Å². The highest BCUT2D eigenvalue weighted by Gasteiger charge is 2.04. The molecule has 3 heteroatoms. The summed E-state index contributed by atoms with van der Waals surface area (Å²) < 4.78 is 4.95. The molecule has 0 saturated heterocycles. The molecule has 0 aliphatic carbocycles. The van der Waals surface area contributed by atoms with E-state index in [1.807, 2.05) is 0 Å². The van der Waals surface area contributed by atoms with Gasteiger partial charge in [-0.3, -0.25) is 4.79 Å². The van der Waals surface area contributed by atoms with E-state index in [9.17, 15) is 9.59 Å². The van der Waals surface area contributed by atoms with E-state index in [0.717, 1.165) is 12.8 Å². The monoisotopic (exact) mass is 200 g/mol. The van der Waals surface area contributed by atoms with Gasteiger partial charge in [0.2, 0.25) is 0 Å². The zero-order valence-electron chi connectivity index (χ0n) is 9.34. The largest absolute Gasteiger partial charge is 0.466 e. The van der Waals surface area contributed by atoms with E-state index in [-0.39, 0.29) is 18.2 Å². The van der Waals surface area contributed by atoms with Crippen LogP contribution < -0.4 is 0 Å². The lowest BCUT2D eigenvalue weighted by Crippen LogP contribution is -2.08. The molecule has 0 aromatic rings. The highest BCUT2D eigenvalue weighted by atomic mass is 16.5. The maximum absolute atomic E-state index is 11.0. The molecule has 0 radical (unpaired) electrons. The molecule has 0 unspecified atom stereocenters. The van der Waals surface area contributed by atoms with Crippen LogP contribution in [0.4, 0.5) is 0 Å². The maximum atomic E-state index is 11.0. The summed E-state index contributed by atoms with van der Waals surface area (Å²) in [4.78, 5) is 21.6. The Bertz CT molecular complexity index is 185. The van der Waals surface area contributed by atoms with Crippen molar-refractivity contribution in [2.24, 2.45) is 5.92 Å². The van der Waals surface area contributed by atoms with E-state index in [1.165, 1.54) is 6.92 Å². The van der Waals surface area contributed by atoms with E-state index in [0.29, 0.717) is 18.9 Å². The van der Waals surface area contributed by atoms with Crippen LogP contribution in [0, 0.1) is 5.92 Å². The standard InChI is InChI=1S/C11H20O3/c1-9(2)5-4-8-14-11(13)7-6-10(3)12/h9H,4-8H2,1-3H3. The molecule has 0 atom stereocenters. The molecule has 0 spiro atoms. The summed E-state index contributed by atoms with van der Waals surface area (Å²) in [7, 11) is 0. The predicted molar refractivity (Wildman–Crippen MR) is 54.9 cm³/mol. The molecule has 0 amide bonds. The smallest absolute Gasteiger partial charge is 0.306 e. The normalized spacial score (nSPS) is 10.3. The van der Waals surface area contributed by atoms with Crippen molar-refractivity contribution in [3.8, 4) is 0 Å². The fourth-order valence-corrected chi connectivity index (χ4v) is 1.03. The zero-order valence-corrected chi connectivity index (χ0v) is 9.34. The number of ketones is 1. The molecule has 82 valence electrons. The van der Waals surface area contributed by atoms with Crippen molar-refractivity contribution in [2.75, 3.05) is 6.61 Å². The van der Waals surface area contributed by atoms with Gasteiger partial charge in [-0.1, -0.05) is 13.8 Å². The van der Waals surface area contributed by atoms with Crippen molar-refractivity contribution in [2.45, 2.75) is 46.5 Å². The van der Waals surface area contributed by atoms with Gasteiger partial charge in [0.25, 0.3) is 0 Å². The molecule has 0 heterocycles. The zero-order chi connectivity index (χ0) is 11.0. The molecule has 0 N–H and O–H groups in total. The third-order valence-electron chi connectivity index (χ3n) is 1.87. The van der Waals surface area contributed by atoms with Crippen molar-refractivity contribution >= 4 is 11.8 Å². The first-order valence-electron chi connectivity index (χ1n) is 5.17. The van der Waals surface area contributed by atoms with Crippen LogP contribution in [0.2, 0.25) is 0 Å². The van der Waals surface area contributed by atoms with E-state index in [1.54, 1.807) is 0 Å². The lowest BCUT2D eigenvalue weighted by molar-refractivity contribution is -0.144. The van der Waals surface area contributed by atoms with Crippen molar-refractivity contribution in [1.82, 2.24) is 0 Å². The van der Waals surface area contributed by atoms with Gasteiger partial charge < -0.3 is 9.53 Å². The number of Topliss-reactive ketones (excluding diaryl/α,β-unsaturated/α-hetero) is 1. The molecule has 0 aliphatic rings. The van der Waals surface area contributed by atoms with Crippen LogP contribution in [0.3, 0.4) is 0 Å². The minimum atomic E-state index is -0.260. The summed E-state index contributed by atoms with van der Waals surface area (Å²) in [5.41, 5.74) is 0. The first-order valence-corrected chi connectivity index (χ1v) is 5.17. The summed E-state index contributed by atoms with van der Waals surface area (Å²) in [6, 6.07) is 0. The van der Waals surface area contributed by atoms with Crippen LogP contribution >= 0.6 is 0 Å². The fourth-order valence-electron chi connectivity index (χ4n) is 1.03. The van der Waals surface area contributed by atoms with Crippen LogP contribution in [0.5, 0.6) is 0 Å². The Morgan fingerprint density at radius 1 is 1.21 bits per heavy atom. The highest BCUT2D eigenvalue weighted by Crippen LogP contribution is 2.04. The predicted octanol–water partition coefficient (Wildman–Crippen LogP) is 2.33. The number of carbonyl (C=O) groups excluding carboxylic acids is 2. The Balaban J connectivity index is 3.31. The number of carbonyl (C=O) groups is 2. The lowest BCUT2D eigenvalue weighted by Gasteiger charge is -2.05. The molecule has 0 saturated carbocycles. The number of ether oxygens (including phenoxy) is 1. The van der Waals surface area contributed by atoms with Crippen LogP contribution in [0.25, 0.3) is 0 Å². The van der Waals surface area contributed by atoms with Gasteiger partial charge in [0, 0.05) is 6.42 Å². The number of rotatable bonds is 7. The summed E-state index contributed by atoms with van der Waals surface area (Å²) in [6.07, 6.45) is 2.49. The molecule has 0 rings (SSSR count). The third-order valence-corrected chi connectivity index (χ3v) is 1.87. The van der Waals surface area contributed by atoms with Crippen LogP contribution in [-0.4, -0.2) is 18.4 Å². The third kappa shape index (κ3) is 9.23. The molecule has 0 bridgehead atoms. The molecular weight excluding hydrogens is 180 g/mol. The van der Waals surface area contributed by atoms with Crippen molar-refractivity contribution in [3.63, 3.8) is 0 Å². The maximum Gasteiger partial charge on any atom is 0.306 e. The van der Waals surface area contributed by atoms with Crippen molar-refractivity contribution in [1.29, 1.82) is 0 Å². The van der Waals surface area contributed by atoms with Crippen LogP contribution in [-0.2, 0) is 14.3 Å². The van der Waals surface area contributed by atoms with E-state index in [4.69, 9.17) is 4.74 Å². The second kappa shape index (κ2) is 7.54. The van der Waals surface area contributed by atoms with Crippen LogP contribution in [0.1, 0.15) is 46.5 Å². The summed E-state index contributed by atoms with van der Waals surface area (Å²) >= 11 is 0. The minimum absolute atomic E-state index is 0.0316. The molecule has 3 nitrogen and oxygen atoms in total. The topological polar surface area (TPSA) is 43.4 Å². The summed E-state index contributed by atoms with van der Waals surface area (Å²) in [5, 5.41) is 0. The van der Waals surface area contributed by atoms with Gasteiger partial charge in [-0.05, 0) is 25.7 Å². The van der Waals surface area contributed by atoms with Gasteiger partial charge in [0.15, 0.2) is 0 Å². The molecule has 0 fully saturated rings. The fraction of sp³-hybridized carbons (Fsp3) is 0.818. The molecule has 0 aliphatic heterocycles. The van der Waals surface area contributed by atoms with Gasteiger partial charge in [0.1, 0.15) is 5.78 Å². The lowest BCUT2D eigenvalue weighted by atomic mass is 10.1. The number of esters is 1.